The molecule has 2 heterocycles. The van der Waals surface area contributed by atoms with Crippen molar-refractivity contribution < 1.29 is 0 Å². The maximum atomic E-state index is 12.4. The molecule has 0 amide bonds. The van der Waals surface area contributed by atoms with E-state index in [1.54, 1.807) is 28.8 Å². The largest absolute Gasteiger partial charge is 0.378 e. The third-order valence-corrected chi connectivity index (χ3v) is 3.39. The number of anilines is 1. The Bertz CT molecular complexity index is 847. The lowest BCUT2D eigenvalue weighted by Gasteiger charge is -2.14. The minimum atomic E-state index is -0.115. The van der Waals surface area contributed by atoms with Crippen LogP contribution in [0.3, 0.4) is 0 Å². The Morgan fingerprint density at radius 3 is 2.86 bits per heavy atom. The van der Waals surface area contributed by atoms with Crippen LogP contribution in [-0.2, 0) is 13.6 Å². The fraction of sp³-hybridized carbons (Fsp3) is 0.267. The van der Waals surface area contributed by atoms with E-state index in [-0.39, 0.29) is 5.56 Å². The van der Waals surface area contributed by atoms with Gasteiger partial charge in [0.15, 0.2) is 5.52 Å². The van der Waals surface area contributed by atoms with Gasteiger partial charge in [0, 0.05) is 26.8 Å². The van der Waals surface area contributed by atoms with Crippen molar-refractivity contribution in [2.75, 3.05) is 19.0 Å². The SMILES string of the molecule is CN(C)c1cccc(Cn2cnc3cn(C)nc3c2=O)c1. The van der Waals surface area contributed by atoms with Crippen LogP contribution in [0.1, 0.15) is 5.56 Å². The molecule has 0 N–H and O–H groups in total. The van der Waals surface area contributed by atoms with Crippen molar-refractivity contribution in [2.45, 2.75) is 6.54 Å². The van der Waals surface area contributed by atoms with E-state index in [1.165, 1.54) is 0 Å². The van der Waals surface area contributed by atoms with E-state index < -0.39 is 0 Å². The van der Waals surface area contributed by atoms with Crippen LogP contribution in [0.4, 0.5) is 5.69 Å². The zero-order valence-corrected chi connectivity index (χ0v) is 12.3. The van der Waals surface area contributed by atoms with Gasteiger partial charge >= 0.3 is 0 Å². The van der Waals surface area contributed by atoms with Crippen LogP contribution in [-0.4, -0.2) is 33.4 Å². The zero-order valence-electron chi connectivity index (χ0n) is 12.3. The van der Waals surface area contributed by atoms with Crippen LogP contribution < -0.4 is 10.5 Å². The summed E-state index contributed by atoms with van der Waals surface area (Å²) in [6.45, 7) is 0.486. The highest BCUT2D eigenvalue weighted by molar-refractivity contribution is 5.71. The van der Waals surface area contributed by atoms with Gasteiger partial charge in [0.2, 0.25) is 0 Å². The maximum absolute atomic E-state index is 12.4. The standard InChI is InChI=1S/C15H17N5O/c1-18(2)12-6-4-5-11(7-12)8-20-10-16-13-9-19(3)17-14(13)15(20)21/h4-7,9-10H,8H2,1-3H3. The molecule has 0 saturated carbocycles. The van der Waals surface area contributed by atoms with Gasteiger partial charge in [0.1, 0.15) is 5.52 Å². The number of fused-ring (bicyclic) bond motifs is 1. The number of rotatable bonds is 3. The highest BCUT2D eigenvalue weighted by atomic mass is 16.1. The highest BCUT2D eigenvalue weighted by Crippen LogP contribution is 2.14. The van der Waals surface area contributed by atoms with Crippen molar-refractivity contribution in [1.82, 2.24) is 19.3 Å². The topological polar surface area (TPSA) is 56.0 Å². The molecule has 0 fully saturated rings. The number of hydrogen-bond acceptors (Lipinski definition) is 4. The lowest BCUT2D eigenvalue weighted by molar-refractivity contribution is 0.739. The fourth-order valence-corrected chi connectivity index (χ4v) is 2.29. The molecule has 0 aliphatic carbocycles. The average Bonchev–Trinajstić information content (AvgIpc) is 2.84. The number of aromatic nitrogens is 4. The van der Waals surface area contributed by atoms with Gasteiger partial charge < -0.3 is 4.90 Å². The van der Waals surface area contributed by atoms with Crippen LogP contribution in [0.25, 0.3) is 11.0 Å². The van der Waals surface area contributed by atoms with Crippen LogP contribution in [0.2, 0.25) is 0 Å². The molecule has 0 bridgehead atoms. The summed E-state index contributed by atoms with van der Waals surface area (Å²) in [5.74, 6) is 0. The van der Waals surface area contributed by atoms with Gasteiger partial charge in [-0.15, -0.1) is 0 Å². The normalized spacial score (nSPS) is 11.0. The van der Waals surface area contributed by atoms with E-state index in [9.17, 15) is 4.79 Å². The second-order valence-electron chi connectivity index (χ2n) is 5.28. The summed E-state index contributed by atoms with van der Waals surface area (Å²) in [6.07, 6.45) is 3.32. The molecule has 0 aliphatic rings. The molecular weight excluding hydrogens is 266 g/mol. The van der Waals surface area contributed by atoms with Crippen molar-refractivity contribution in [3.8, 4) is 0 Å². The number of benzene rings is 1. The first kappa shape index (κ1) is 13.4. The van der Waals surface area contributed by atoms with Gasteiger partial charge in [0.05, 0.1) is 19.1 Å². The molecule has 1 aromatic carbocycles. The quantitative estimate of drug-likeness (QED) is 0.726. The summed E-state index contributed by atoms with van der Waals surface area (Å²) in [4.78, 5) is 18.7. The van der Waals surface area contributed by atoms with Gasteiger partial charge in [0.25, 0.3) is 5.56 Å². The predicted octanol–water partition coefficient (Wildman–Crippen LogP) is 1.24. The number of nitrogens with zero attached hydrogens (tertiary/aromatic N) is 5. The van der Waals surface area contributed by atoms with Crippen molar-refractivity contribution in [2.24, 2.45) is 7.05 Å². The van der Waals surface area contributed by atoms with E-state index >= 15 is 0 Å². The Balaban J connectivity index is 2.00. The molecule has 108 valence electrons. The van der Waals surface area contributed by atoms with Gasteiger partial charge in [-0.05, 0) is 17.7 Å². The maximum Gasteiger partial charge on any atom is 0.282 e. The van der Waals surface area contributed by atoms with E-state index in [1.807, 2.05) is 37.2 Å². The first-order chi connectivity index (χ1) is 10.0. The second kappa shape index (κ2) is 5.05. The second-order valence-corrected chi connectivity index (χ2v) is 5.28. The summed E-state index contributed by atoms with van der Waals surface area (Å²) in [5.41, 5.74) is 3.08. The third-order valence-electron chi connectivity index (χ3n) is 3.39. The average molecular weight is 283 g/mol. The Morgan fingerprint density at radius 1 is 1.29 bits per heavy atom. The number of aryl methyl sites for hydroxylation is 1. The van der Waals surface area contributed by atoms with Gasteiger partial charge in [-0.2, -0.15) is 5.10 Å². The van der Waals surface area contributed by atoms with Crippen molar-refractivity contribution in [3.63, 3.8) is 0 Å². The summed E-state index contributed by atoms with van der Waals surface area (Å²) in [5, 5.41) is 4.17. The van der Waals surface area contributed by atoms with Crippen LogP contribution in [0, 0.1) is 0 Å². The lowest BCUT2D eigenvalue weighted by atomic mass is 10.2. The molecule has 21 heavy (non-hydrogen) atoms. The molecule has 3 aromatic rings. The zero-order chi connectivity index (χ0) is 15.0. The van der Waals surface area contributed by atoms with Crippen LogP contribution in [0.5, 0.6) is 0 Å². The van der Waals surface area contributed by atoms with E-state index in [0.29, 0.717) is 17.6 Å². The molecule has 0 spiro atoms. The predicted molar refractivity (Wildman–Crippen MR) is 82.6 cm³/mol. The Morgan fingerprint density at radius 2 is 2.10 bits per heavy atom. The van der Waals surface area contributed by atoms with E-state index in [2.05, 4.69) is 16.1 Å². The molecule has 0 unspecified atom stereocenters. The first-order valence-electron chi connectivity index (χ1n) is 6.69. The van der Waals surface area contributed by atoms with Gasteiger partial charge in [-0.3, -0.25) is 14.0 Å². The summed E-state index contributed by atoms with van der Waals surface area (Å²) in [7, 11) is 5.77. The van der Waals surface area contributed by atoms with Crippen molar-refractivity contribution in [1.29, 1.82) is 0 Å². The summed E-state index contributed by atoms with van der Waals surface area (Å²) in [6, 6.07) is 8.09. The third kappa shape index (κ3) is 2.52. The monoisotopic (exact) mass is 283 g/mol. The fourth-order valence-electron chi connectivity index (χ4n) is 2.29. The molecule has 3 rings (SSSR count). The van der Waals surface area contributed by atoms with Crippen molar-refractivity contribution in [3.05, 3.63) is 52.7 Å². The van der Waals surface area contributed by atoms with Gasteiger partial charge in [-0.25, -0.2) is 4.98 Å². The summed E-state index contributed by atoms with van der Waals surface area (Å²) >= 11 is 0. The minimum absolute atomic E-state index is 0.115. The molecular formula is C15H17N5O. The number of hydrogen-bond donors (Lipinski definition) is 0. The van der Waals surface area contributed by atoms with Crippen LogP contribution >= 0.6 is 0 Å². The van der Waals surface area contributed by atoms with E-state index in [4.69, 9.17) is 0 Å². The molecule has 0 aliphatic heterocycles. The van der Waals surface area contributed by atoms with Crippen molar-refractivity contribution >= 4 is 16.7 Å². The molecule has 2 aromatic heterocycles. The first-order valence-corrected chi connectivity index (χ1v) is 6.69. The Labute approximate surface area is 122 Å². The summed E-state index contributed by atoms with van der Waals surface area (Å²) < 4.78 is 3.19. The smallest absolute Gasteiger partial charge is 0.282 e. The molecule has 6 heteroatoms. The molecule has 0 radical (unpaired) electrons. The molecule has 0 atom stereocenters. The molecule has 6 nitrogen and oxygen atoms in total. The van der Waals surface area contributed by atoms with E-state index in [0.717, 1.165) is 11.3 Å². The Hall–Kier alpha value is -2.63. The molecule has 0 saturated heterocycles. The van der Waals surface area contributed by atoms with Crippen LogP contribution in [0.15, 0.2) is 41.6 Å². The van der Waals surface area contributed by atoms with Gasteiger partial charge in [-0.1, -0.05) is 12.1 Å². The Kier molecular flexibility index (Phi) is 3.21. The highest BCUT2D eigenvalue weighted by Gasteiger charge is 2.08. The minimum Gasteiger partial charge on any atom is -0.378 e. The lowest BCUT2D eigenvalue weighted by Crippen LogP contribution is -2.21.